The third-order valence-electron chi connectivity index (χ3n) is 0.401. The van der Waals surface area contributed by atoms with Gasteiger partial charge in [0.25, 0.3) is 0 Å². The third-order valence-corrected chi connectivity index (χ3v) is 0.944. The highest BCUT2D eigenvalue weighted by atomic mass is 32.2. The molecule has 1 saturated heterocycles. The zero-order valence-corrected chi connectivity index (χ0v) is 3.60. The van der Waals surface area contributed by atoms with Gasteiger partial charge in [-0.1, -0.05) is 4.47 Å². The van der Waals surface area contributed by atoms with Crippen molar-refractivity contribution in [2.75, 3.05) is 6.73 Å². The second kappa shape index (κ2) is 1.27. The molecule has 1 fully saturated rings. The van der Waals surface area contributed by atoms with E-state index < -0.39 is 11.3 Å². The Morgan fingerprint density at radius 3 is 2.50 bits per heavy atom. The summed E-state index contributed by atoms with van der Waals surface area (Å²) in [5.41, 5.74) is 0. The van der Waals surface area contributed by atoms with E-state index >= 15 is 0 Å². The van der Waals surface area contributed by atoms with Gasteiger partial charge in [-0.3, -0.25) is 9.05 Å². The molecule has 0 N–H and O–H groups in total. The molecule has 0 bridgehead atoms. The van der Waals surface area contributed by atoms with Gasteiger partial charge in [0.2, 0.25) is 0 Å². The average molecular weight is 108 g/mol. The minimum Gasteiger partial charge on any atom is -0.758 e. The number of hydroxylamine groups is 1. The van der Waals surface area contributed by atoms with Crippen LogP contribution in [-0.4, -0.2) is 20.0 Å². The van der Waals surface area contributed by atoms with Crippen molar-refractivity contribution >= 4 is 11.3 Å². The normalized spacial score (nSPS) is 35.8. The van der Waals surface area contributed by atoms with Crippen molar-refractivity contribution in [3.05, 3.63) is 0 Å². The van der Waals surface area contributed by atoms with Crippen molar-refractivity contribution in [3.63, 3.8) is 0 Å². The van der Waals surface area contributed by atoms with E-state index in [1.165, 1.54) is 0 Å². The van der Waals surface area contributed by atoms with Crippen molar-refractivity contribution in [1.82, 2.24) is 4.47 Å². The first-order valence-electron chi connectivity index (χ1n) is 1.30. The van der Waals surface area contributed by atoms with Crippen molar-refractivity contribution in [2.45, 2.75) is 0 Å². The second-order valence-electron chi connectivity index (χ2n) is 0.808. The molecular weight excluding hydrogens is 106 g/mol. The summed E-state index contributed by atoms with van der Waals surface area (Å²) in [4.78, 5) is 4.19. The maximum atomic E-state index is 9.56. The monoisotopic (exact) mass is 108 g/mol. The highest BCUT2D eigenvalue weighted by Gasteiger charge is 2.18. The zero-order chi connectivity index (χ0) is 4.57. The molecule has 1 rings (SSSR count). The molecule has 0 radical (unpaired) electrons. The summed E-state index contributed by atoms with van der Waals surface area (Å²) in [6, 6.07) is 0. The molecular formula is CH2NO3S-. The van der Waals surface area contributed by atoms with Crippen LogP contribution in [0.2, 0.25) is 0 Å². The molecule has 0 aromatic heterocycles. The minimum atomic E-state index is -2.15. The number of nitrogens with zero attached hydrogens (tertiary/aromatic N) is 1. The topological polar surface area (TPSA) is 55.7 Å². The Balaban J connectivity index is 2.31. The van der Waals surface area contributed by atoms with Gasteiger partial charge in [0.05, 0.1) is 0 Å². The summed E-state index contributed by atoms with van der Waals surface area (Å²) in [5.74, 6) is 0. The van der Waals surface area contributed by atoms with E-state index in [0.717, 1.165) is 4.47 Å². The van der Waals surface area contributed by atoms with Gasteiger partial charge in [-0.25, -0.2) is 0 Å². The molecule has 0 aliphatic carbocycles. The Hall–Kier alpha value is 0.0300. The molecule has 0 amide bonds. The Labute approximate surface area is 37.1 Å². The Morgan fingerprint density at radius 2 is 2.50 bits per heavy atom. The molecule has 6 heavy (non-hydrogen) atoms. The second-order valence-corrected chi connectivity index (χ2v) is 1.65. The molecule has 0 saturated carbocycles. The molecule has 2 unspecified atom stereocenters. The highest BCUT2D eigenvalue weighted by Crippen LogP contribution is 2.06. The first-order valence-corrected chi connectivity index (χ1v) is 2.34. The van der Waals surface area contributed by atoms with Crippen LogP contribution < -0.4 is 0 Å². The Morgan fingerprint density at radius 1 is 2.00 bits per heavy atom. The third kappa shape index (κ3) is 0.749. The van der Waals surface area contributed by atoms with Crippen molar-refractivity contribution in [1.29, 1.82) is 0 Å². The molecule has 1 heterocycles. The van der Waals surface area contributed by atoms with E-state index in [-0.39, 0.29) is 6.73 Å². The van der Waals surface area contributed by atoms with Crippen LogP contribution >= 0.6 is 0 Å². The summed E-state index contributed by atoms with van der Waals surface area (Å²) in [7, 11) is 0. The summed E-state index contributed by atoms with van der Waals surface area (Å²) < 4.78 is 20.0. The quantitative estimate of drug-likeness (QED) is 0.319. The fraction of sp³-hybridized carbons (Fsp3) is 1.00. The summed E-state index contributed by atoms with van der Waals surface area (Å²) in [6.45, 7) is 0.218. The molecule has 36 valence electrons. The van der Waals surface area contributed by atoms with Crippen molar-refractivity contribution < 1.29 is 13.6 Å². The molecule has 5 heteroatoms. The van der Waals surface area contributed by atoms with E-state index in [2.05, 4.69) is 4.84 Å². The van der Waals surface area contributed by atoms with Crippen LogP contribution in [0.1, 0.15) is 0 Å². The van der Waals surface area contributed by atoms with Gasteiger partial charge in [0.15, 0.2) is 6.73 Å². The molecule has 0 spiro atoms. The summed E-state index contributed by atoms with van der Waals surface area (Å²) in [6.07, 6.45) is 0. The fourth-order valence-electron chi connectivity index (χ4n) is 0.110. The summed E-state index contributed by atoms with van der Waals surface area (Å²) >= 11 is -2.15. The highest BCUT2D eigenvalue weighted by molar-refractivity contribution is 7.76. The van der Waals surface area contributed by atoms with Crippen LogP contribution in [0.4, 0.5) is 0 Å². The van der Waals surface area contributed by atoms with Crippen LogP contribution in [0.5, 0.6) is 0 Å². The minimum absolute atomic E-state index is 0.218. The van der Waals surface area contributed by atoms with Gasteiger partial charge >= 0.3 is 0 Å². The smallest absolute Gasteiger partial charge is 0.158 e. The molecule has 1 aliphatic rings. The zero-order valence-electron chi connectivity index (χ0n) is 2.79. The van der Waals surface area contributed by atoms with E-state index in [4.69, 9.17) is 0 Å². The molecule has 4 nitrogen and oxygen atoms in total. The standard InChI is InChI=1S/CH3NO3S/c3-6(4)2-1-5-2/h1H2,(H,3,4)/p-1. The van der Waals surface area contributed by atoms with Crippen LogP contribution in [0.25, 0.3) is 0 Å². The van der Waals surface area contributed by atoms with Gasteiger partial charge in [-0.15, -0.1) is 0 Å². The lowest BCUT2D eigenvalue weighted by atomic mass is 11.5. The average Bonchev–Trinajstić information content (AvgIpc) is 2.06. The van der Waals surface area contributed by atoms with E-state index in [1.807, 2.05) is 0 Å². The molecule has 2 atom stereocenters. The van der Waals surface area contributed by atoms with Gasteiger partial charge in [0, 0.05) is 11.3 Å². The van der Waals surface area contributed by atoms with Crippen LogP contribution in [0, 0.1) is 0 Å². The Kier molecular flexibility index (Phi) is 0.886. The SMILES string of the molecule is O=S([O-])N1CO1. The summed E-state index contributed by atoms with van der Waals surface area (Å²) in [5, 5.41) is 0. The maximum absolute atomic E-state index is 9.56. The van der Waals surface area contributed by atoms with Crippen LogP contribution in [0.3, 0.4) is 0 Å². The van der Waals surface area contributed by atoms with Crippen LogP contribution in [-0.2, 0) is 16.1 Å². The Bertz CT molecular complexity index is 78.9. The van der Waals surface area contributed by atoms with Crippen molar-refractivity contribution in [2.24, 2.45) is 0 Å². The molecule has 0 aromatic carbocycles. The lowest BCUT2D eigenvalue weighted by molar-refractivity contribution is 0.286. The first-order chi connectivity index (χ1) is 2.80. The fourth-order valence-corrected chi connectivity index (χ4v) is 0.329. The molecule has 0 aromatic rings. The van der Waals surface area contributed by atoms with E-state index in [0.29, 0.717) is 0 Å². The lowest BCUT2D eigenvalue weighted by Crippen LogP contribution is -1.97. The first kappa shape index (κ1) is 4.20. The van der Waals surface area contributed by atoms with E-state index in [9.17, 15) is 8.76 Å². The van der Waals surface area contributed by atoms with Gasteiger partial charge in [0.1, 0.15) is 0 Å². The van der Waals surface area contributed by atoms with Crippen LogP contribution in [0.15, 0.2) is 0 Å². The predicted octanol–water partition coefficient (Wildman–Crippen LogP) is -1.01. The van der Waals surface area contributed by atoms with E-state index in [1.54, 1.807) is 0 Å². The van der Waals surface area contributed by atoms with Crippen molar-refractivity contribution in [3.8, 4) is 0 Å². The lowest BCUT2D eigenvalue weighted by Gasteiger charge is -1.95. The predicted molar refractivity (Wildman–Crippen MR) is 16.7 cm³/mol. The maximum Gasteiger partial charge on any atom is 0.158 e. The largest absolute Gasteiger partial charge is 0.758 e. The van der Waals surface area contributed by atoms with Gasteiger partial charge < -0.3 is 4.55 Å². The van der Waals surface area contributed by atoms with Gasteiger partial charge in [-0.2, -0.15) is 0 Å². The number of hydrogen-bond donors (Lipinski definition) is 0. The molecule has 1 aliphatic heterocycles. The number of hydrogen-bond acceptors (Lipinski definition) is 3. The van der Waals surface area contributed by atoms with Gasteiger partial charge in [-0.05, 0) is 0 Å². The number of rotatable bonds is 1.